The fourth-order valence-electron chi connectivity index (χ4n) is 3.77. The van der Waals surface area contributed by atoms with E-state index >= 15 is 0 Å². The molecule has 1 saturated carbocycles. The summed E-state index contributed by atoms with van der Waals surface area (Å²) < 4.78 is 1.80. The summed E-state index contributed by atoms with van der Waals surface area (Å²) in [5, 5.41) is 4.29. The van der Waals surface area contributed by atoms with Crippen LogP contribution in [0.4, 0.5) is 11.5 Å². The van der Waals surface area contributed by atoms with Crippen LogP contribution in [0.1, 0.15) is 30.4 Å². The molecule has 2 aromatic heterocycles. The van der Waals surface area contributed by atoms with E-state index < -0.39 is 0 Å². The Morgan fingerprint density at radius 3 is 2.63 bits per heavy atom. The number of hydrogen-bond acceptors (Lipinski definition) is 4. The summed E-state index contributed by atoms with van der Waals surface area (Å²) in [6, 6.07) is 19.8. The average molecular weight is 355 g/mol. The van der Waals surface area contributed by atoms with Crippen molar-refractivity contribution in [3.8, 4) is 0 Å². The van der Waals surface area contributed by atoms with Gasteiger partial charge in [0.15, 0.2) is 5.82 Å². The van der Waals surface area contributed by atoms with Crippen molar-refractivity contribution in [3.05, 3.63) is 84.6 Å². The Balaban J connectivity index is 1.62. The quantitative estimate of drug-likeness (QED) is 0.532. The molecule has 5 nitrogen and oxygen atoms in total. The van der Waals surface area contributed by atoms with Crippen molar-refractivity contribution >= 4 is 17.0 Å². The predicted octanol–water partition coefficient (Wildman–Crippen LogP) is 4.41. The Kier molecular flexibility index (Phi) is 4.05. The summed E-state index contributed by atoms with van der Waals surface area (Å²) in [4.78, 5) is 11.3. The van der Waals surface area contributed by atoms with Crippen molar-refractivity contribution in [1.82, 2.24) is 19.6 Å². The number of hydrogen-bond donors (Lipinski definition) is 0. The SMILES string of the molecule is c1ccc(Cc2ccccc2N(c2ncnn3cncc23)C2CCC2)cc1. The monoisotopic (exact) mass is 355 g/mol. The molecule has 1 aliphatic rings. The maximum Gasteiger partial charge on any atom is 0.162 e. The third-order valence-electron chi connectivity index (χ3n) is 5.36. The van der Waals surface area contributed by atoms with Crippen LogP contribution in [0.3, 0.4) is 0 Å². The van der Waals surface area contributed by atoms with Crippen molar-refractivity contribution in [2.45, 2.75) is 31.7 Å². The Bertz CT molecular complexity index is 1050. The molecule has 5 rings (SSSR count). The van der Waals surface area contributed by atoms with Gasteiger partial charge < -0.3 is 4.90 Å². The van der Waals surface area contributed by atoms with Crippen LogP contribution in [-0.2, 0) is 6.42 Å². The van der Waals surface area contributed by atoms with Gasteiger partial charge >= 0.3 is 0 Å². The lowest BCUT2D eigenvalue weighted by atomic mass is 9.90. The molecule has 1 aliphatic carbocycles. The number of rotatable bonds is 5. The van der Waals surface area contributed by atoms with Gasteiger partial charge in [0, 0.05) is 11.7 Å². The molecule has 134 valence electrons. The van der Waals surface area contributed by atoms with Crippen molar-refractivity contribution in [2.75, 3.05) is 4.90 Å². The van der Waals surface area contributed by atoms with E-state index in [0.29, 0.717) is 6.04 Å². The third kappa shape index (κ3) is 2.95. The molecule has 4 aromatic rings. The van der Waals surface area contributed by atoms with Gasteiger partial charge in [-0.3, -0.25) is 0 Å². The van der Waals surface area contributed by atoms with Crippen LogP contribution in [0.15, 0.2) is 73.4 Å². The summed E-state index contributed by atoms with van der Waals surface area (Å²) in [7, 11) is 0. The summed E-state index contributed by atoms with van der Waals surface area (Å²) in [5.41, 5.74) is 4.80. The first kappa shape index (κ1) is 16.0. The van der Waals surface area contributed by atoms with Gasteiger partial charge in [-0.25, -0.2) is 14.5 Å². The molecule has 0 saturated heterocycles. The van der Waals surface area contributed by atoms with Gasteiger partial charge in [0.25, 0.3) is 0 Å². The van der Waals surface area contributed by atoms with Gasteiger partial charge in [-0.2, -0.15) is 5.10 Å². The minimum absolute atomic E-state index is 0.468. The Labute approximate surface area is 158 Å². The molecule has 0 bridgehead atoms. The predicted molar refractivity (Wildman–Crippen MR) is 106 cm³/mol. The second-order valence-corrected chi connectivity index (χ2v) is 7.05. The number of aromatic nitrogens is 4. The molecule has 1 fully saturated rings. The molecule has 5 heteroatoms. The first-order valence-electron chi connectivity index (χ1n) is 9.44. The van der Waals surface area contributed by atoms with Gasteiger partial charge in [-0.05, 0) is 42.9 Å². The number of benzene rings is 2. The summed E-state index contributed by atoms with van der Waals surface area (Å²) in [6.45, 7) is 0. The Morgan fingerprint density at radius 2 is 1.81 bits per heavy atom. The number of imidazole rings is 1. The van der Waals surface area contributed by atoms with Gasteiger partial charge in [0.1, 0.15) is 18.2 Å². The van der Waals surface area contributed by atoms with E-state index in [-0.39, 0.29) is 0 Å². The minimum Gasteiger partial charge on any atom is -0.321 e. The van der Waals surface area contributed by atoms with E-state index in [2.05, 4.69) is 74.6 Å². The molecule has 0 spiro atoms. The van der Waals surface area contributed by atoms with Crippen molar-refractivity contribution in [1.29, 1.82) is 0 Å². The van der Waals surface area contributed by atoms with Crippen LogP contribution in [0.2, 0.25) is 0 Å². The van der Waals surface area contributed by atoms with Crippen LogP contribution in [0.5, 0.6) is 0 Å². The topological polar surface area (TPSA) is 46.3 Å². The van der Waals surface area contributed by atoms with Crippen LogP contribution in [-0.4, -0.2) is 25.6 Å². The highest BCUT2D eigenvalue weighted by Gasteiger charge is 2.30. The molecular weight excluding hydrogens is 334 g/mol. The van der Waals surface area contributed by atoms with Crippen LogP contribution in [0.25, 0.3) is 5.52 Å². The highest BCUT2D eigenvalue weighted by atomic mass is 15.3. The van der Waals surface area contributed by atoms with E-state index in [9.17, 15) is 0 Å². The van der Waals surface area contributed by atoms with Crippen LogP contribution >= 0.6 is 0 Å². The molecule has 0 N–H and O–H groups in total. The first-order chi connectivity index (χ1) is 13.4. The number of anilines is 2. The second-order valence-electron chi connectivity index (χ2n) is 7.05. The molecule has 0 amide bonds. The highest BCUT2D eigenvalue weighted by molar-refractivity contribution is 5.76. The third-order valence-corrected chi connectivity index (χ3v) is 5.36. The van der Waals surface area contributed by atoms with Gasteiger partial charge in [-0.15, -0.1) is 0 Å². The number of nitrogens with zero attached hydrogens (tertiary/aromatic N) is 5. The molecule has 27 heavy (non-hydrogen) atoms. The van der Waals surface area contributed by atoms with Crippen LogP contribution < -0.4 is 4.90 Å². The number of fused-ring (bicyclic) bond motifs is 1. The van der Waals surface area contributed by atoms with E-state index in [1.165, 1.54) is 36.1 Å². The van der Waals surface area contributed by atoms with E-state index in [4.69, 9.17) is 0 Å². The minimum atomic E-state index is 0.468. The van der Waals surface area contributed by atoms with Gasteiger partial charge in [0.05, 0.1) is 6.20 Å². The second kappa shape index (κ2) is 6.83. The van der Waals surface area contributed by atoms with Gasteiger partial charge in [0.2, 0.25) is 0 Å². The lowest BCUT2D eigenvalue weighted by molar-refractivity contribution is 0.409. The summed E-state index contributed by atoms with van der Waals surface area (Å²) in [6.07, 6.45) is 9.74. The Hall–Kier alpha value is -3.21. The molecular formula is C22H21N5. The molecule has 0 unspecified atom stereocenters. The summed E-state index contributed by atoms with van der Waals surface area (Å²) in [5.74, 6) is 0.938. The summed E-state index contributed by atoms with van der Waals surface area (Å²) >= 11 is 0. The fourth-order valence-corrected chi connectivity index (χ4v) is 3.77. The van der Waals surface area contributed by atoms with E-state index in [0.717, 1.165) is 17.8 Å². The lowest BCUT2D eigenvalue weighted by Crippen LogP contribution is -2.38. The Morgan fingerprint density at radius 1 is 1.00 bits per heavy atom. The highest BCUT2D eigenvalue weighted by Crippen LogP contribution is 2.38. The number of para-hydroxylation sites is 1. The molecule has 0 radical (unpaired) electrons. The smallest absolute Gasteiger partial charge is 0.162 e. The average Bonchev–Trinajstić information content (AvgIpc) is 3.15. The van der Waals surface area contributed by atoms with Crippen LogP contribution in [0, 0.1) is 0 Å². The molecule has 0 aliphatic heterocycles. The van der Waals surface area contributed by atoms with E-state index in [1.54, 1.807) is 17.2 Å². The molecule has 2 aromatic carbocycles. The zero-order valence-corrected chi connectivity index (χ0v) is 15.1. The van der Waals surface area contributed by atoms with E-state index in [1.807, 2.05) is 6.20 Å². The fraction of sp³-hybridized carbons (Fsp3) is 0.227. The van der Waals surface area contributed by atoms with Crippen molar-refractivity contribution in [3.63, 3.8) is 0 Å². The molecule has 0 atom stereocenters. The molecule has 2 heterocycles. The van der Waals surface area contributed by atoms with Crippen molar-refractivity contribution < 1.29 is 0 Å². The maximum atomic E-state index is 4.66. The maximum absolute atomic E-state index is 4.66. The largest absolute Gasteiger partial charge is 0.321 e. The lowest BCUT2D eigenvalue weighted by Gasteiger charge is -2.39. The standard InChI is InChI=1S/C22H21N5/c1-2-7-17(8-3-1)13-18-9-4-5-12-20(18)27(19-10-6-11-19)22-21-14-23-16-26(21)25-15-24-22/h1-5,7-9,12,14-16,19H,6,10-11,13H2. The zero-order valence-electron chi connectivity index (χ0n) is 15.1. The first-order valence-corrected chi connectivity index (χ1v) is 9.44. The normalized spacial score (nSPS) is 14.2. The van der Waals surface area contributed by atoms with Crippen molar-refractivity contribution in [2.24, 2.45) is 0 Å². The zero-order chi connectivity index (χ0) is 18.1. The van der Waals surface area contributed by atoms with Gasteiger partial charge in [-0.1, -0.05) is 48.5 Å².